The zero-order valence-electron chi connectivity index (χ0n) is 13.5. The molecule has 0 radical (unpaired) electrons. The number of rotatable bonds is 5. The second kappa shape index (κ2) is 7.49. The molecule has 1 aromatic carbocycles. The number of amides is 2. The Hall–Kier alpha value is -2.34. The van der Waals surface area contributed by atoms with Gasteiger partial charge < -0.3 is 15.0 Å². The molecular weight excluding hydrogens is 324 g/mol. The van der Waals surface area contributed by atoms with Gasteiger partial charge in [0, 0.05) is 13.1 Å². The molecule has 0 unspecified atom stereocenters. The summed E-state index contributed by atoms with van der Waals surface area (Å²) in [6.45, 7) is 1.08. The predicted molar refractivity (Wildman–Crippen MR) is 93.2 cm³/mol. The lowest BCUT2D eigenvalue weighted by molar-refractivity contribution is -0.125. The van der Waals surface area contributed by atoms with Crippen molar-refractivity contribution in [1.29, 1.82) is 0 Å². The van der Waals surface area contributed by atoms with Crippen molar-refractivity contribution in [3.63, 3.8) is 0 Å². The highest BCUT2D eigenvalue weighted by molar-refractivity contribution is 7.12. The molecule has 0 saturated carbocycles. The van der Waals surface area contributed by atoms with Gasteiger partial charge in [-0.2, -0.15) is 0 Å². The van der Waals surface area contributed by atoms with Crippen LogP contribution in [0.2, 0.25) is 0 Å². The molecule has 0 bridgehead atoms. The molecule has 0 spiro atoms. The Bertz CT molecular complexity index is 698. The van der Waals surface area contributed by atoms with E-state index in [2.05, 4.69) is 5.32 Å². The van der Waals surface area contributed by atoms with Gasteiger partial charge in [-0.15, -0.1) is 11.3 Å². The van der Waals surface area contributed by atoms with E-state index in [0.717, 1.165) is 17.7 Å². The SMILES string of the molecule is COc1ccc(CNC(=O)[C@H]2CCCN2C(=O)c2cccs2)cc1. The Morgan fingerprint density at radius 3 is 2.75 bits per heavy atom. The molecule has 24 heavy (non-hydrogen) atoms. The number of ether oxygens (including phenoxy) is 1. The fourth-order valence-corrected chi connectivity index (χ4v) is 3.55. The van der Waals surface area contributed by atoms with Gasteiger partial charge in [0.1, 0.15) is 11.8 Å². The van der Waals surface area contributed by atoms with Crippen LogP contribution in [-0.2, 0) is 11.3 Å². The van der Waals surface area contributed by atoms with Gasteiger partial charge in [0.25, 0.3) is 5.91 Å². The van der Waals surface area contributed by atoms with E-state index in [-0.39, 0.29) is 17.9 Å². The van der Waals surface area contributed by atoms with Crippen LogP contribution in [0.4, 0.5) is 0 Å². The Labute approximate surface area is 145 Å². The minimum atomic E-state index is -0.377. The van der Waals surface area contributed by atoms with Gasteiger partial charge in [0.2, 0.25) is 5.91 Å². The van der Waals surface area contributed by atoms with E-state index in [1.165, 1.54) is 11.3 Å². The minimum absolute atomic E-state index is 0.0490. The number of nitrogens with zero attached hydrogens (tertiary/aromatic N) is 1. The molecule has 1 aromatic heterocycles. The first kappa shape index (κ1) is 16.5. The van der Waals surface area contributed by atoms with Crippen LogP contribution < -0.4 is 10.1 Å². The molecule has 2 amide bonds. The molecular formula is C18H20N2O3S. The topological polar surface area (TPSA) is 58.6 Å². The normalized spacial score (nSPS) is 16.9. The highest BCUT2D eigenvalue weighted by atomic mass is 32.1. The molecule has 1 aliphatic heterocycles. The summed E-state index contributed by atoms with van der Waals surface area (Å²) < 4.78 is 5.12. The van der Waals surface area contributed by atoms with Crippen molar-refractivity contribution in [2.45, 2.75) is 25.4 Å². The molecule has 0 aliphatic carbocycles. The largest absolute Gasteiger partial charge is 0.497 e. The first-order valence-electron chi connectivity index (χ1n) is 7.94. The number of carbonyl (C=O) groups is 2. The van der Waals surface area contributed by atoms with Gasteiger partial charge in [-0.3, -0.25) is 9.59 Å². The zero-order valence-corrected chi connectivity index (χ0v) is 14.3. The van der Waals surface area contributed by atoms with Gasteiger partial charge in [0.05, 0.1) is 12.0 Å². The van der Waals surface area contributed by atoms with Crippen LogP contribution >= 0.6 is 11.3 Å². The van der Waals surface area contributed by atoms with E-state index in [9.17, 15) is 9.59 Å². The zero-order chi connectivity index (χ0) is 16.9. The molecule has 6 heteroatoms. The first-order chi connectivity index (χ1) is 11.7. The predicted octanol–water partition coefficient (Wildman–Crippen LogP) is 2.68. The summed E-state index contributed by atoms with van der Waals surface area (Å²) in [6.07, 6.45) is 1.57. The number of hydrogen-bond donors (Lipinski definition) is 1. The van der Waals surface area contributed by atoms with E-state index in [4.69, 9.17) is 4.74 Å². The molecule has 2 aromatic rings. The van der Waals surface area contributed by atoms with Gasteiger partial charge in [0.15, 0.2) is 0 Å². The molecule has 1 atom stereocenters. The van der Waals surface area contributed by atoms with E-state index >= 15 is 0 Å². The van der Waals surface area contributed by atoms with Crippen molar-refractivity contribution in [2.75, 3.05) is 13.7 Å². The maximum atomic E-state index is 12.5. The van der Waals surface area contributed by atoms with Crippen LogP contribution in [0.3, 0.4) is 0 Å². The van der Waals surface area contributed by atoms with Crippen LogP contribution in [0.25, 0.3) is 0 Å². The highest BCUT2D eigenvalue weighted by Gasteiger charge is 2.34. The third kappa shape index (κ3) is 3.59. The lowest BCUT2D eigenvalue weighted by Crippen LogP contribution is -2.45. The standard InChI is InChI=1S/C18H20N2O3S/c1-23-14-8-6-13(7-9-14)12-19-17(21)15-4-2-10-20(15)18(22)16-5-3-11-24-16/h3,5-9,11,15H,2,4,10,12H2,1H3,(H,19,21)/t15-/m1/s1. The lowest BCUT2D eigenvalue weighted by atomic mass is 10.1. The molecule has 1 N–H and O–H groups in total. The van der Waals surface area contributed by atoms with Crippen LogP contribution in [0.1, 0.15) is 28.1 Å². The molecule has 1 fully saturated rings. The maximum absolute atomic E-state index is 12.5. The summed E-state index contributed by atoms with van der Waals surface area (Å²) in [5, 5.41) is 4.82. The summed E-state index contributed by atoms with van der Waals surface area (Å²) in [5.41, 5.74) is 0.998. The van der Waals surface area contributed by atoms with Gasteiger partial charge in [-0.05, 0) is 42.0 Å². The van der Waals surface area contributed by atoms with E-state index < -0.39 is 0 Å². The number of thiophene rings is 1. The second-order valence-electron chi connectivity index (χ2n) is 5.70. The van der Waals surface area contributed by atoms with E-state index in [0.29, 0.717) is 24.4 Å². The van der Waals surface area contributed by atoms with Crippen LogP contribution in [0, 0.1) is 0 Å². The number of likely N-dealkylation sites (tertiary alicyclic amines) is 1. The summed E-state index contributed by atoms with van der Waals surface area (Å²) in [6, 6.07) is 10.8. The third-order valence-electron chi connectivity index (χ3n) is 4.17. The van der Waals surface area contributed by atoms with Crippen molar-refractivity contribution in [1.82, 2.24) is 10.2 Å². The van der Waals surface area contributed by atoms with Gasteiger partial charge in [-0.25, -0.2) is 0 Å². The van der Waals surface area contributed by atoms with Crippen LogP contribution in [-0.4, -0.2) is 36.4 Å². The average Bonchev–Trinajstić information content (AvgIpc) is 3.31. The second-order valence-corrected chi connectivity index (χ2v) is 6.65. The fourth-order valence-electron chi connectivity index (χ4n) is 2.87. The number of benzene rings is 1. The molecule has 2 heterocycles. The van der Waals surface area contributed by atoms with Crippen molar-refractivity contribution < 1.29 is 14.3 Å². The van der Waals surface area contributed by atoms with E-state index in [1.807, 2.05) is 35.7 Å². The Morgan fingerprint density at radius 1 is 1.29 bits per heavy atom. The van der Waals surface area contributed by atoms with Crippen LogP contribution in [0.15, 0.2) is 41.8 Å². The monoisotopic (exact) mass is 344 g/mol. The van der Waals surface area contributed by atoms with Crippen molar-refractivity contribution in [3.05, 3.63) is 52.2 Å². The Kier molecular flexibility index (Phi) is 5.15. The quantitative estimate of drug-likeness (QED) is 0.907. The summed E-state index contributed by atoms with van der Waals surface area (Å²) in [7, 11) is 1.62. The van der Waals surface area contributed by atoms with Crippen LogP contribution in [0.5, 0.6) is 5.75 Å². The van der Waals surface area contributed by atoms with Crippen molar-refractivity contribution >= 4 is 23.2 Å². The molecule has 126 valence electrons. The number of carbonyl (C=O) groups excluding carboxylic acids is 2. The average molecular weight is 344 g/mol. The molecule has 1 saturated heterocycles. The number of hydrogen-bond acceptors (Lipinski definition) is 4. The Morgan fingerprint density at radius 2 is 2.08 bits per heavy atom. The highest BCUT2D eigenvalue weighted by Crippen LogP contribution is 2.22. The van der Waals surface area contributed by atoms with Gasteiger partial charge in [-0.1, -0.05) is 18.2 Å². The van der Waals surface area contributed by atoms with E-state index in [1.54, 1.807) is 18.1 Å². The molecule has 1 aliphatic rings. The third-order valence-corrected chi connectivity index (χ3v) is 5.03. The number of nitrogens with one attached hydrogen (secondary N) is 1. The molecule has 5 nitrogen and oxygen atoms in total. The Balaban J connectivity index is 1.60. The smallest absolute Gasteiger partial charge is 0.264 e. The van der Waals surface area contributed by atoms with Gasteiger partial charge >= 0.3 is 0 Å². The molecule has 3 rings (SSSR count). The fraction of sp³-hybridized carbons (Fsp3) is 0.333. The lowest BCUT2D eigenvalue weighted by Gasteiger charge is -2.23. The minimum Gasteiger partial charge on any atom is -0.497 e. The summed E-state index contributed by atoms with van der Waals surface area (Å²) >= 11 is 1.41. The number of methoxy groups -OCH3 is 1. The first-order valence-corrected chi connectivity index (χ1v) is 8.82. The summed E-state index contributed by atoms with van der Waals surface area (Å²) in [4.78, 5) is 27.4. The van der Waals surface area contributed by atoms with Crippen molar-refractivity contribution in [2.24, 2.45) is 0 Å². The summed E-state index contributed by atoms with van der Waals surface area (Å²) in [5.74, 6) is 0.647. The van der Waals surface area contributed by atoms with Crippen molar-refractivity contribution in [3.8, 4) is 5.75 Å². The maximum Gasteiger partial charge on any atom is 0.264 e.